The van der Waals surface area contributed by atoms with Gasteiger partial charge in [0.1, 0.15) is 5.69 Å². The number of rotatable bonds is 2. The molecule has 0 bridgehead atoms. The van der Waals surface area contributed by atoms with Crippen molar-refractivity contribution in [3.63, 3.8) is 0 Å². The molecule has 6 heteroatoms. The molecule has 1 amide bonds. The number of hydrogen-bond acceptors (Lipinski definition) is 4. The van der Waals surface area contributed by atoms with Crippen LogP contribution < -0.4 is 0 Å². The summed E-state index contributed by atoms with van der Waals surface area (Å²) < 4.78 is 5.49. The van der Waals surface area contributed by atoms with E-state index in [1.807, 2.05) is 17.0 Å². The summed E-state index contributed by atoms with van der Waals surface area (Å²) in [6.45, 7) is 5.08. The van der Waals surface area contributed by atoms with Crippen molar-refractivity contribution in [2.24, 2.45) is 5.41 Å². The van der Waals surface area contributed by atoms with E-state index in [2.05, 4.69) is 9.88 Å². The van der Waals surface area contributed by atoms with Crippen LogP contribution in [-0.2, 0) is 4.74 Å². The van der Waals surface area contributed by atoms with Gasteiger partial charge in [-0.1, -0.05) is 0 Å². The standard InChI is InChI=1S/C19H29N3O3/c23-16-12-19(14-22(13-16)15-3-10-25-11-4-15)5-8-21(9-6-19)18(24)17-2-1-7-20-17/h1-2,7,15-16,20,23H,3-6,8-14H2. The van der Waals surface area contributed by atoms with Crippen molar-refractivity contribution < 1.29 is 14.6 Å². The SMILES string of the molecule is O=C(c1ccc[nH]1)N1CCC2(CC1)CC(O)CN(C1CCOCC1)C2. The summed E-state index contributed by atoms with van der Waals surface area (Å²) in [5, 5.41) is 10.5. The van der Waals surface area contributed by atoms with Crippen LogP contribution in [0.25, 0.3) is 0 Å². The Kier molecular flexibility index (Phi) is 4.84. The number of nitrogens with zero attached hydrogens (tertiary/aromatic N) is 2. The number of piperidine rings is 2. The number of aliphatic hydroxyl groups excluding tert-OH is 1. The van der Waals surface area contributed by atoms with Crippen LogP contribution in [0.2, 0.25) is 0 Å². The lowest BCUT2D eigenvalue weighted by molar-refractivity contribution is -0.0695. The molecule has 3 fully saturated rings. The van der Waals surface area contributed by atoms with E-state index in [-0.39, 0.29) is 17.4 Å². The van der Waals surface area contributed by atoms with Crippen LogP contribution in [0.15, 0.2) is 18.3 Å². The quantitative estimate of drug-likeness (QED) is 0.850. The number of nitrogens with one attached hydrogen (secondary N) is 1. The Morgan fingerprint density at radius 3 is 2.72 bits per heavy atom. The Hall–Kier alpha value is -1.37. The van der Waals surface area contributed by atoms with Gasteiger partial charge in [-0.25, -0.2) is 0 Å². The summed E-state index contributed by atoms with van der Waals surface area (Å²) in [6.07, 6.45) is 6.52. The number of hydrogen-bond donors (Lipinski definition) is 2. The lowest BCUT2D eigenvalue weighted by atomic mass is 9.71. The number of carbonyl (C=O) groups excluding carboxylic acids is 1. The molecule has 1 atom stereocenters. The maximum atomic E-state index is 12.5. The van der Waals surface area contributed by atoms with Crippen molar-refractivity contribution in [1.29, 1.82) is 0 Å². The number of β-amino-alcohol motifs (C(OH)–C–C–N with tert-alkyl or cyclic N) is 1. The number of ether oxygens (including phenoxy) is 1. The molecular weight excluding hydrogens is 318 g/mol. The molecule has 0 saturated carbocycles. The van der Waals surface area contributed by atoms with Crippen molar-refractivity contribution in [1.82, 2.24) is 14.8 Å². The molecule has 0 aromatic carbocycles. The zero-order valence-corrected chi connectivity index (χ0v) is 14.8. The van der Waals surface area contributed by atoms with Crippen molar-refractivity contribution in [2.75, 3.05) is 39.4 Å². The highest BCUT2D eigenvalue weighted by molar-refractivity contribution is 5.92. The van der Waals surface area contributed by atoms with E-state index >= 15 is 0 Å². The molecule has 1 spiro atoms. The summed E-state index contributed by atoms with van der Waals surface area (Å²) in [6, 6.07) is 4.24. The number of aromatic amines is 1. The van der Waals surface area contributed by atoms with Crippen LogP contribution in [0, 0.1) is 5.41 Å². The van der Waals surface area contributed by atoms with Gasteiger partial charge in [0, 0.05) is 51.6 Å². The molecular formula is C19H29N3O3. The van der Waals surface area contributed by atoms with Gasteiger partial charge in [-0.05, 0) is 49.7 Å². The zero-order valence-electron chi connectivity index (χ0n) is 14.8. The van der Waals surface area contributed by atoms with Crippen molar-refractivity contribution in [3.05, 3.63) is 24.0 Å². The van der Waals surface area contributed by atoms with Crippen molar-refractivity contribution >= 4 is 5.91 Å². The highest BCUT2D eigenvalue weighted by atomic mass is 16.5. The molecule has 0 radical (unpaired) electrons. The van der Waals surface area contributed by atoms with Gasteiger partial charge >= 0.3 is 0 Å². The van der Waals surface area contributed by atoms with E-state index < -0.39 is 0 Å². The van der Waals surface area contributed by atoms with Gasteiger partial charge < -0.3 is 19.7 Å². The molecule has 1 unspecified atom stereocenters. The van der Waals surface area contributed by atoms with Crippen LogP contribution in [0.3, 0.4) is 0 Å². The summed E-state index contributed by atoms with van der Waals surface area (Å²) in [5.74, 6) is 0.0949. The second-order valence-corrected chi connectivity index (χ2v) is 8.01. The predicted molar refractivity (Wildman–Crippen MR) is 94.4 cm³/mol. The number of aliphatic hydroxyl groups is 1. The molecule has 4 rings (SSSR count). The highest BCUT2D eigenvalue weighted by Gasteiger charge is 2.43. The van der Waals surface area contributed by atoms with Gasteiger partial charge in [0.25, 0.3) is 5.91 Å². The average molecular weight is 347 g/mol. The number of aromatic nitrogens is 1. The van der Waals surface area contributed by atoms with E-state index in [0.29, 0.717) is 11.7 Å². The van der Waals surface area contributed by atoms with E-state index in [0.717, 1.165) is 71.5 Å². The minimum absolute atomic E-state index is 0.0949. The third-order valence-electron chi connectivity index (χ3n) is 6.30. The van der Waals surface area contributed by atoms with Crippen LogP contribution in [0.5, 0.6) is 0 Å². The smallest absolute Gasteiger partial charge is 0.270 e. The van der Waals surface area contributed by atoms with Gasteiger partial charge in [0.2, 0.25) is 0 Å². The van der Waals surface area contributed by atoms with Crippen LogP contribution in [-0.4, -0.2) is 77.3 Å². The fraction of sp³-hybridized carbons (Fsp3) is 0.737. The molecule has 6 nitrogen and oxygen atoms in total. The first-order valence-electron chi connectivity index (χ1n) is 9.58. The fourth-order valence-corrected chi connectivity index (χ4v) is 4.90. The van der Waals surface area contributed by atoms with E-state index in [1.54, 1.807) is 6.20 Å². The van der Waals surface area contributed by atoms with Gasteiger partial charge in [0.15, 0.2) is 0 Å². The molecule has 1 aromatic rings. The summed E-state index contributed by atoms with van der Waals surface area (Å²) in [4.78, 5) is 20.0. The van der Waals surface area contributed by atoms with Gasteiger partial charge in [-0.3, -0.25) is 9.69 Å². The summed E-state index contributed by atoms with van der Waals surface area (Å²) >= 11 is 0. The predicted octanol–water partition coefficient (Wildman–Crippen LogP) is 1.48. The van der Waals surface area contributed by atoms with Gasteiger partial charge in [-0.15, -0.1) is 0 Å². The monoisotopic (exact) mass is 347 g/mol. The molecule has 25 heavy (non-hydrogen) atoms. The lowest BCUT2D eigenvalue weighted by Gasteiger charge is -2.51. The molecule has 2 N–H and O–H groups in total. The van der Waals surface area contributed by atoms with Crippen molar-refractivity contribution in [3.8, 4) is 0 Å². The maximum absolute atomic E-state index is 12.5. The summed E-state index contributed by atoms with van der Waals surface area (Å²) in [7, 11) is 0. The topological polar surface area (TPSA) is 68.8 Å². The maximum Gasteiger partial charge on any atom is 0.270 e. The highest BCUT2D eigenvalue weighted by Crippen LogP contribution is 2.41. The Morgan fingerprint density at radius 1 is 1.28 bits per heavy atom. The van der Waals surface area contributed by atoms with Crippen LogP contribution in [0.1, 0.15) is 42.6 Å². The first-order chi connectivity index (χ1) is 12.2. The number of likely N-dealkylation sites (tertiary alicyclic amines) is 2. The number of carbonyl (C=O) groups is 1. The van der Waals surface area contributed by atoms with Gasteiger partial charge in [0.05, 0.1) is 6.10 Å². The normalized spacial score (nSPS) is 28.4. The third kappa shape index (κ3) is 3.61. The zero-order chi connectivity index (χ0) is 17.3. The molecule has 1 aromatic heterocycles. The first kappa shape index (κ1) is 17.1. The van der Waals surface area contributed by atoms with Crippen LogP contribution >= 0.6 is 0 Å². The molecule has 138 valence electrons. The fourth-order valence-electron chi connectivity index (χ4n) is 4.90. The molecule has 3 saturated heterocycles. The second-order valence-electron chi connectivity index (χ2n) is 8.01. The number of H-pyrrole nitrogens is 1. The minimum Gasteiger partial charge on any atom is -0.392 e. The summed E-state index contributed by atoms with van der Waals surface area (Å²) in [5.41, 5.74) is 0.825. The second kappa shape index (κ2) is 7.09. The largest absolute Gasteiger partial charge is 0.392 e. The Morgan fingerprint density at radius 2 is 2.04 bits per heavy atom. The van der Waals surface area contributed by atoms with E-state index in [1.165, 1.54) is 0 Å². The molecule has 3 aliphatic heterocycles. The average Bonchev–Trinajstić information content (AvgIpc) is 3.17. The van der Waals surface area contributed by atoms with Gasteiger partial charge in [-0.2, -0.15) is 0 Å². The third-order valence-corrected chi connectivity index (χ3v) is 6.30. The molecule has 4 heterocycles. The van der Waals surface area contributed by atoms with E-state index in [4.69, 9.17) is 4.74 Å². The molecule has 3 aliphatic rings. The Bertz CT molecular complexity index is 575. The molecule has 0 aliphatic carbocycles. The Balaban J connectivity index is 1.39. The number of amides is 1. The van der Waals surface area contributed by atoms with Crippen LogP contribution in [0.4, 0.5) is 0 Å². The van der Waals surface area contributed by atoms with Crippen molar-refractivity contribution in [2.45, 2.75) is 44.2 Å². The first-order valence-corrected chi connectivity index (χ1v) is 9.58. The minimum atomic E-state index is -0.248. The van der Waals surface area contributed by atoms with E-state index in [9.17, 15) is 9.90 Å². The lowest BCUT2D eigenvalue weighted by Crippen LogP contribution is -2.57. The Labute approximate surface area is 149 Å².